The fourth-order valence-electron chi connectivity index (χ4n) is 4.17. The number of benzene rings is 3. The van der Waals surface area contributed by atoms with Crippen LogP contribution >= 0.6 is 0 Å². The summed E-state index contributed by atoms with van der Waals surface area (Å²) in [7, 11) is 4.35. The van der Waals surface area contributed by atoms with Crippen LogP contribution in [0.15, 0.2) is 69.9 Å². The zero-order valence-electron chi connectivity index (χ0n) is 23.3. The van der Waals surface area contributed by atoms with Gasteiger partial charge < -0.3 is 28.1 Å². The number of fused-ring (bicyclic) bond motifs is 1. The van der Waals surface area contributed by atoms with E-state index in [2.05, 4.69) is 0 Å². The van der Waals surface area contributed by atoms with Crippen molar-refractivity contribution in [3.05, 3.63) is 87.8 Å². The fraction of sp³-hybridized carbons (Fsp3) is 0.226. The molecule has 0 unspecified atom stereocenters. The molecule has 8 nitrogen and oxygen atoms in total. The van der Waals surface area contributed by atoms with Gasteiger partial charge in [0.1, 0.15) is 17.1 Å². The number of rotatable bonds is 9. The number of hydrogen-bond donors (Lipinski definition) is 0. The summed E-state index contributed by atoms with van der Waals surface area (Å²) < 4.78 is 73.8. The standard InChI is InChI=1S/C31H27F3O8/c1-17(2)20-8-6-7-9-22(20)41-29-27(36)21-12-11-19(16-23(21)42-30(29)31(32,33)34)40-26(35)13-10-18-14-24(37-3)28(39-5)25(15-18)38-4/h6-17H,1-5H3/b13-10+. The Balaban J connectivity index is 1.65. The van der Waals surface area contributed by atoms with Gasteiger partial charge in [0.15, 0.2) is 11.5 Å². The van der Waals surface area contributed by atoms with Gasteiger partial charge in [0.05, 0.1) is 26.7 Å². The number of ether oxygens (including phenoxy) is 5. The number of halogens is 3. The largest absolute Gasteiger partial charge is 0.493 e. The van der Waals surface area contributed by atoms with Crippen molar-refractivity contribution in [2.75, 3.05) is 21.3 Å². The van der Waals surface area contributed by atoms with Crippen molar-refractivity contribution in [3.8, 4) is 34.5 Å². The molecule has 4 aromatic rings. The number of alkyl halides is 3. The van der Waals surface area contributed by atoms with Gasteiger partial charge >= 0.3 is 12.1 Å². The first-order valence-corrected chi connectivity index (χ1v) is 12.6. The first-order valence-electron chi connectivity index (χ1n) is 12.6. The molecule has 4 rings (SSSR count). The zero-order chi connectivity index (χ0) is 30.6. The van der Waals surface area contributed by atoms with Gasteiger partial charge in [-0.05, 0) is 53.5 Å². The molecule has 220 valence electrons. The summed E-state index contributed by atoms with van der Waals surface area (Å²) in [4.78, 5) is 25.7. The van der Waals surface area contributed by atoms with E-state index in [1.54, 1.807) is 30.3 Å². The molecule has 0 radical (unpaired) electrons. The molecule has 0 saturated carbocycles. The minimum Gasteiger partial charge on any atom is -0.493 e. The molecule has 0 N–H and O–H groups in total. The minimum absolute atomic E-state index is 0.0805. The maximum atomic E-state index is 14.0. The van der Waals surface area contributed by atoms with Crippen molar-refractivity contribution in [2.45, 2.75) is 25.9 Å². The summed E-state index contributed by atoms with van der Waals surface area (Å²) in [5.74, 6) is -2.45. The maximum absolute atomic E-state index is 14.0. The maximum Gasteiger partial charge on any atom is 0.453 e. The molecule has 3 aromatic carbocycles. The molecule has 0 saturated heterocycles. The highest BCUT2D eigenvalue weighted by molar-refractivity contribution is 5.90. The normalized spacial score (nSPS) is 11.6. The smallest absolute Gasteiger partial charge is 0.453 e. The summed E-state index contributed by atoms with van der Waals surface area (Å²) in [5, 5.41) is -0.187. The van der Waals surface area contributed by atoms with Crippen LogP contribution in [0, 0.1) is 0 Å². The van der Waals surface area contributed by atoms with Crippen LogP contribution in [-0.4, -0.2) is 27.3 Å². The second kappa shape index (κ2) is 12.3. The molecule has 1 heterocycles. The Morgan fingerprint density at radius 1 is 0.881 bits per heavy atom. The summed E-state index contributed by atoms with van der Waals surface area (Å²) in [5.41, 5.74) is -0.322. The molecular formula is C31H27F3O8. The van der Waals surface area contributed by atoms with Gasteiger partial charge in [0, 0.05) is 12.1 Å². The van der Waals surface area contributed by atoms with Gasteiger partial charge in [-0.25, -0.2) is 4.79 Å². The molecule has 0 aliphatic carbocycles. The van der Waals surface area contributed by atoms with Crippen LogP contribution in [0.1, 0.15) is 36.7 Å². The molecule has 42 heavy (non-hydrogen) atoms. The average Bonchev–Trinajstić information content (AvgIpc) is 2.96. The Bertz CT molecular complexity index is 1680. The van der Waals surface area contributed by atoms with Crippen LogP contribution in [0.5, 0.6) is 34.5 Å². The van der Waals surface area contributed by atoms with E-state index < -0.39 is 34.7 Å². The lowest BCUT2D eigenvalue weighted by Crippen LogP contribution is -2.16. The lowest BCUT2D eigenvalue weighted by molar-refractivity contribution is -0.154. The number of methoxy groups -OCH3 is 3. The van der Waals surface area contributed by atoms with Gasteiger partial charge in [0.2, 0.25) is 16.9 Å². The Kier molecular flexibility index (Phi) is 8.79. The summed E-state index contributed by atoms with van der Waals surface area (Å²) in [6, 6.07) is 13.2. The van der Waals surface area contributed by atoms with Crippen molar-refractivity contribution in [1.29, 1.82) is 0 Å². The Hall–Kier alpha value is -4.93. The van der Waals surface area contributed by atoms with E-state index in [1.807, 2.05) is 13.8 Å². The quantitative estimate of drug-likeness (QED) is 0.114. The molecule has 0 spiro atoms. The van der Waals surface area contributed by atoms with E-state index in [1.165, 1.54) is 45.6 Å². The Morgan fingerprint density at radius 3 is 2.14 bits per heavy atom. The fourth-order valence-corrected chi connectivity index (χ4v) is 4.17. The van der Waals surface area contributed by atoms with E-state index in [-0.39, 0.29) is 22.8 Å². The number of esters is 1. The van der Waals surface area contributed by atoms with Crippen LogP contribution in [0.4, 0.5) is 13.2 Å². The molecule has 11 heteroatoms. The highest BCUT2D eigenvalue weighted by Crippen LogP contribution is 2.40. The summed E-state index contributed by atoms with van der Waals surface area (Å²) >= 11 is 0. The number of para-hydroxylation sites is 1. The van der Waals surface area contributed by atoms with Crippen molar-refractivity contribution < 1.29 is 46.1 Å². The second-order valence-corrected chi connectivity index (χ2v) is 9.25. The number of hydrogen-bond acceptors (Lipinski definition) is 8. The van der Waals surface area contributed by atoms with Crippen molar-refractivity contribution in [2.24, 2.45) is 0 Å². The molecule has 1 aromatic heterocycles. The van der Waals surface area contributed by atoms with E-state index in [0.717, 1.165) is 12.1 Å². The average molecular weight is 585 g/mol. The van der Waals surface area contributed by atoms with Gasteiger partial charge in [-0.2, -0.15) is 13.2 Å². The molecule has 0 aliphatic heterocycles. The molecule has 0 fully saturated rings. The first kappa shape index (κ1) is 30.0. The first-order chi connectivity index (χ1) is 20.0. The number of carbonyl (C=O) groups excluding carboxylic acids is 1. The molecular weight excluding hydrogens is 557 g/mol. The van der Waals surface area contributed by atoms with Crippen molar-refractivity contribution in [1.82, 2.24) is 0 Å². The van der Waals surface area contributed by atoms with E-state index >= 15 is 0 Å². The van der Waals surface area contributed by atoms with Gasteiger partial charge in [-0.3, -0.25) is 4.79 Å². The molecule has 0 amide bonds. The third kappa shape index (κ3) is 6.35. The zero-order valence-corrected chi connectivity index (χ0v) is 23.3. The van der Waals surface area contributed by atoms with E-state index in [4.69, 9.17) is 28.1 Å². The summed E-state index contributed by atoms with van der Waals surface area (Å²) in [6.07, 6.45) is -2.52. The van der Waals surface area contributed by atoms with Crippen molar-refractivity contribution in [3.63, 3.8) is 0 Å². The minimum atomic E-state index is -5.05. The van der Waals surface area contributed by atoms with E-state index in [0.29, 0.717) is 28.4 Å². The lowest BCUT2D eigenvalue weighted by Gasteiger charge is -2.16. The highest BCUT2D eigenvalue weighted by Gasteiger charge is 2.40. The van der Waals surface area contributed by atoms with Crippen LogP contribution in [0.25, 0.3) is 17.0 Å². The van der Waals surface area contributed by atoms with Crippen LogP contribution < -0.4 is 29.1 Å². The van der Waals surface area contributed by atoms with Crippen LogP contribution in [0.3, 0.4) is 0 Å². The van der Waals surface area contributed by atoms with Crippen LogP contribution in [0.2, 0.25) is 0 Å². The van der Waals surface area contributed by atoms with Crippen molar-refractivity contribution >= 4 is 23.0 Å². The highest BCUT2D eigenvalue weighted by atomic mass is 19.4. The monoisotopic (exact) mass is 584 g/mol. The second-order valence-electron chi connectivity index (χ2n) is 9.25. The van der Waals surface area contributed by atoms with Gasteiger partial charge in [0.25, 0.3) is 5.76 Å². The third-order valence-electron chi connectivity index (χ3n) is 6.15. The predicted molar refractivity (Wildman–Crippen MR) is 149 cm³/mol. The van der Waals surface area contributed by atoms with Gasteiger partial charge in [-0.15, -0.1) is 0 Å². The molecule has 0 aliphatic rings. The molecule has 0 bridgehead atoms. The summed E-state index contributed by atoms with van der Waals surface area (Å²) in [6.45, 7) is 3.69. The third-order valence-corrected chi connectivity index (χ3v) is 6.15. The Morgan fingerprint density at radius 2 is 1.55 bits per heavy atom. The molecule has 0 atom stereocenters. The van der Waals surface area contributed by atoms with Crippen LogP contribution in [-0.2, 0) is 11.0 Å². The lowest BCUT2D eigenvalue weighted by atomic mass is 10.0. The topological polar surface area (TPSA) is 93.4 Å². The Labute approximate surface area is 238 Å². The van der Waals surface area contributed by atoms with E-state index in [9.17, 15) is 22.8 Å². The van der Waals surface area contributed by atoms with Gasteiger partial charge in [-0.1, -0.05) is 32.0 Å². The predicted octanol–water partition coefficient (Wildman–Crippen LogP) is 7.37. The SMILES string of the molecule is COc1cc(/C=C/C(=O)Oc2ccc3c(=O)c(Oc4ccccc4C(C)C)c(C(F)(F)F)oc3c2)cc(OC)c1OC. The number of carbonyl (C=O) groups is 1.